The van der Waals surface area contributed by atoms with E-state index in [2.05, 4.69) is 88.5 Å². The summed E-state index contributed by atoms with van der Waals surface area (Å²) in [6, 6.07) is 11.8. The van der Waals surface area contributed by atoms with E-state index in [9.17, 15) is 0 Å². The Kier molecular flexibility index (Phi) is 7.05. The van der Waals surface area contributed by atoms with Crippen LogP contribution in [0.5, 0.6) is 11.5 Å². The van der Waals surface area contributed by atoms with Gasteiger partial charge in [0, 0.05) is 11.3 Å². The van der Waals surface area contributed by atoms with Crippen LogP contribution in [0.25, 0.3) is 11.0 Å². The Balaban J connectivity index is 1.96. The second kappa shape index (κ2) is 9.09. The van der Waals surface area contributed by atoms with E-state index in [0.29, 0.717) is 4.99 Å². The Hall–Kier alpha value is -2.24. The molecule has 1 heterocycles. The molecule has 2 aromatic carbocycles. The maximum atomic E-state index is 6.77. The average molecular weight is 515 g/mol. The Morgan fingerprint density at radius 2 is 1.44 bits per heavy atom. The van der Waals surface area contributed by atoms with E-state index in [1.807, 2.05) is 36.4 Å². The Morgan fingerprint density at radius 3 is 2.03 bits per heavy atom. The zero-order valence-electron chi connectivity index (χ0n) is 22.1. The van der Waals surface area contributed by atoms with Gasteiger partial charge in [-0.05, 0) is 72.7 Å². The Labute approximate surface area is 211 Å². The first-order chi connectivity index (χ1) is 15.5. The van der Waals surface area contributed by atoms with Crippen LogP contribution in [0.15, 0.2) is 36.4 Å². The van der Waals surface area contributed by atoms with Gasteiger partial charge in [0.1, 0.15) is 22.0 Å². The van der Waals surface area contributed by atoms with Gasteiger partial charge in [0.2, 0.25) is 0 Å². The van der Waals surface area contributed by atoms with Gasteiger partial charge >= 0.3 is 0 Å². The molecule has 0 aliphatic heterocycles. The number of aromatic nitrogens is 3. The fourth-order valence-corrected chi connectivity index (χ4v) is 5.08. The fraction of sp³-hybridized carbons (Fsp3) is 0.480. The van der Waals surface area contributed by atoms with Crippen molar-refractivity contribution < 1.29 is 8.85 Å². The van der Waals surface area contributed by atoms with E-state index >= 15 is 0 Å². The summed E-state index contributed by atoms with van der Waals surface area (Å²) in [6.45, 7) is 22.5. The quantitative estimate of drug-likeness (QED) is 0.262. The molecule has 2 N–H and O–H groups in total. The Bertz CT molecular complexity index is 1190. The van der Waals surface area contributed by atoms with Crippen molar-refractivity contribution in [3.63, 3.8) is 0 Å². The number of benzene rings is 2. The molecule has 0 saturated heterocycles. The second-order valence-corrected chi connectivity index (χ2v) is 21.7. The number of nitrogens with zero attached hydrogens (tertiary/aromatic N) is 2. The number of hydrogen-bond donors (Lipinski definition) is 2. The van der Waals surface area contributed by atoms with Crippen molar-refractivity contribution in [3.05, 3.63) is 42.0 Å². The predicted molar refractivity (Wildman–Crippen MR) is 151 cm³/mol. The molecule has 1 aromatic heterocycles. The minimum atomic E-state index is -2.10. The van der Waals surface area contributed by atoms with Crippen molar-refractivity contribution in [2.45, 2.75) is 77.8 Å². The van der Waals surface area contributed by atoms with Gasteiger partial charge in [-0.2, -0.15) is 0 Å². The van der Waals surface area contributed by atoms with Crippen LogP contribution < -0.4 is 14.2 Å². The summed E-state index contributed by atoms with van der Waals surface area (Å²) >= 11 is 5.76. The Morgan fingerprint density at radius 1 is 0.853 bits per heavy atom. The number of anilines is 1. The normalized spacial score (nSPS) is 13.1. The highest BCUT2D eigenvalue weighted by atomic mass is 32.1. The van der Waals surface area contributed by atoms with Gasteiger partial charge in [0.15, 0.2) is 0 Å². The van der Waals surface area contributed by atoms with Crippen LogP contribution in [0.4, 0.5) is 5.69 Å². The summed E-state index contributed by atoms with van der Waals surface area (Å²) in [5.41, 5.74) is 3.42. The van der Waals surface area contributed by atoms with Crippen molar-refractivity contribution in [2.75, 3.05) is 5.32 Å². The number of H-pyrrole nitrogens is 1. The van der Waals surface area contributed by atoms with Crippen LogP contribution in [0.2, 0.25) is 36.3 Å². The minimum absolute atomic E-state index is 0.0591. The lowest BCUT2D eigenvalue weighted by Gasteiger charge is -2.39. The maximum absolute atomic E-state index is 6.77. The van der Waals surface area contributed by atoms with Crippen molar-refractivity contribution in [1.29, 1.82) is 0 Å². The van der Waals surface area contributed by atoms with Gasteiger partial charge in [0.25, 0.3) is 16.6 Å². The van der Waals surface area contributed by atoms with Crippen LogP contribution >= 0.6 is 12.2 Å². The molecule has 9 heteroatoms. The summed E-state index contributed by atoms with van der Waals surface area (Å²) in [4.78, 5) is 0.616. The molecule has 0 saturated carbocycles. The number of nitrogens with one attached hydrogen (secondary N) is 2. The zero-order valence-corrected chi connectivity index (χ0v) is 24.9. The standard InChI is InChI=1S/C25H38N4O2SSi2/c1-24(2,3)33(7,8)30-21-14-11-17(15-22(21)31-34(9,10)25(4,5)6)23(32)26-18-12-13-19-20(16-18)28-29-27-19/h11-16H,1-10H3,(H,26,32)(H,27,28,29). The van der Waals surface area contributed by atoms with Crippen LogP contribution in [0, 0.1) is 0 Å². The first-order valence-electron chi connectivity index (χ1n) is 11.6. The molecule has 0 bridgehead atoms. The summed E-state index contributed by atoms with van der Waals surface area (Å²) in [6.07, 6.45) is 0. The SMILES string of the molecule is CC(C)(C)[Si](C)(C)Oc1ccc(C(=S)Nc2ccc3nn[nH]c3c2)cc1O[Si](C)(C)C(C)(C)C. The molecule has 0 atom stereocenters. The molecule has 3 aromatic rings. The average Bonchev–Trinajstić information content (AvgIpc) is 3.15. The molecule has 0 unspecified atom stereocenters. The largest absolute Gasteiger partial charge is 0.541 e. The van der Waals surface area contributed by atoms with Crippen molar-refractivity contribution in [1.82, 2.24) is 15.4 Å². The van der Waals surface area contributed by atoms with Gasteiger partial charge in [-0.25, -0.2) is 0 Å². The summed E-state index contributed by atoms with van der Waals surface area (Å²) < 4.78 is 13.5. The fourth-order valence-electron chi connectivity index (χ4n) is 2.80. The summed E-state index contributed by atoms with van der Waals surface area (Å²) in [5.74, 6) is 1.57. The van der Waals surface area contributed by atoms with Gasteiger partial charge < -0.3 is 14.2 Å². The highest BCUT2D eigenvalue weighted by Crippen LogP contribution is 2.43. The molecule has 6 nitrogen and oxygen atoms in total. The van der Waals surface area contributed by atoms with Crippen LogP contribution in [0.3, 0.4) is 0 Å². The third kappa shape index (κ3) is 5.69. The third-order valence-electron chi connectivity index (χ3n) is 7.13. The predicted octanol–water partition coefficient (Wildman–Crippen LogP) is 7.51. The molecule has 34 heavy (non-hydrogen) atoms. The third-order valence-corrected chi connectivity index (χ3v) is 16.2. The second-order valence-electron chi connectivity index (χ2n) is 11.9. The number of aromatic amines is 1. The first-order valence-corrected chi connectivity index (χ1v) is 17.9. The molecule has 184 valence electrons. The lowest BCUT2D eigenvalue weighted by Crippen LogP contribution is -2.45. The van der Waals surface area contributed by atoms with Crippen LogP contribution in [-0.4, -0.2) is 37.0 Å². The van der Waals surface area contributed by atoms with Gasteiger partial charge in [0.05, 0.1) is 5.52 Å². The van der Waals surface area contributed by atoms with Gasteiger partial charge in [-0.15, -0.1) is 5.10 Å². The van der Waals surface area contributed by atoms with Gasteiger partial charge in [-0.3, -0.25) is 5.10 Å². The molecule has 0 aliphatic rings. The van der Waals surface area contributed by atoms with E-state index in [1.165, 1.54) is 0 Å². The van der Waals surface area contributed by atoms with E-state index in [-0.39, 0.29) is 10.1 Å². The van der Waals surface area contributed by atoms with Crippen molar-refractivity contribution >= 4 is 50.6 Å². The molecule has 3 rings (SSSR count). The van der Waals surface area contributed by atoms with Crippen LogP contribution in [0.1, 0.15) is 47.1 Å². The molecular weight excluding hydrogens is 477 g/mol. The smallest absolute Gasteiger partial charge is 0.250 e. The molecule has 0 spiro atoms. The number of thiocarbonyl (C=S) groups is 1. The summed E-state index contributed by atoms with van der Waals surface area (Å²) in [5, 5.41) is 14.2. The monoisotopic (exact) mass is 514 g/mol. The van der Waals surface area contributed by atoms with E-state index in [4.69, 9.17) is 21.1 Å². The molecular formula is C25H38N4O2SSi2. The maximum Gasteiger partial charge on any atom is 0.250 e. The van der Waals surface area contributed by atoms with Crippen molar-refractivity contribution in [3.8, 4) is 11.5 Å². The molecule has 0 amide bonds. The van der Waals surface area contributed by atoms with Crippen molar-refractivity contribution in [2.24, 2.45) is 0 Å². The topological polar surface area (TPSA) is 72.1 Å². The summed E-state index contributed by atoms with van der Waals surface area (Å²) in [7, 11) is -4.15. The van der Waals surface area contributed by atoms with E-state index in [0.717, 1.165) is 33.8 Å². The number of fused-ring (bicyclic) bond motifs is 1. The van der Waals surface area contributed by atoms with Gasteiger partial charge in [-0.1, -0.05) is 59.0 Å². The lowest BCUT2D eigenvalue weighted by atomic mass is 10.2. The van der Waals surface area contributed by atoms with E-state index in [1.54, 1.807) is 0 Å². The highest BCUT2D eigenvalue weighted by Gasteiger charge is 2.42. The number of hydrogen-bond acceptors (Lipinski definition) is 5. The lowest BCUT2D eigenvalue weighted by molar-refractivity contribution is 0.440. The van der Waals surface area contributed by atoms with Crippen LogP contribution in [-0.2, 0) is 0 Å². The minimum Gasteiger partial charge on any atom is -0.541 e. The molecule has 0 radical (unpaired) electrons. The highest BCUT2D eigenvalue weighted by molar-refractivity contribution is 7.81. The molecule has 0 aliphatic carbocycles. The first kappa shape index (κ1) is 26.4. The van der Waals surface area contributed by atoms with E-state index < -0.39 is 16.6 Å². The number of rotatable bonds is 6. The molecule has 0 fully saturated rings. The zero-order chi connectivity index (χ0) is 25.5.